The van der Waals surface area contributed by atoms with Crippen molar-refractivity contribution in [2.24, 2.45) is 0 Å². The molecule has 0 bridgehead atoms. The van der Waals surface area contributed by atoms with Crippen molar-refractivity contribution in [2.45, 2.75) is 39.3 Å². The molecule has 4 heteroatoms. The first-order valence-corrected chi connectivity index (χ1v) is 8.27. The molecule has 0 aromatic heterocycles. The van der Waals surface area contributed by atoms with Gasteiger partial charge in [0, 0.05) is 12.1 Å². The van der Waals surface area contributed by atoms with Gasteiger partial charge >= 0.3 is 0 Å². The third-order valence-corrected chi connectivity index (χ3v) is 5.37. The van der Waals surface area contributed by atoms with Crippen molar-refractivity contribution in [3.05, 3.63) is 34.9 Å². The van der Waals surface area contributed by atoms with Crippen LogP contribution in [-0.4, -0.2) is 26.0 Å². The van der Waals surface area contributed by atoms with Gasteiger partial charge in [-0.25, -0.2) is 8.42 Å². The lowest BCUT2D eigenvalue weighted by atomic mass is 9.99. The molecule has 3 nitrogen and oxygen atoms in total. The fourth-order valence-corrected chi connectivity index (χ4v) is 4.42. The van der Waals surface area contributed by atoms with Crippen LogP contribution in [0, 0.1) is 13.8 Å². The lowest BCUT2D eigenvalue weighted by Gasteiger charge is -2.31. The van der Waals surface area contributed by atoms with Crippen molar-refractivity contribution >= 4 is 9.84 Å². The number of nitrogens with one attached hydrogen (secondary N) is 1. The van der Waals surface area contributed by atoms with Crippen molar-refractivity contribution in [2.75, 3.05) is 11.5 Å². The number of hydrogen-bond donors (Lipinski definition) is 1. The summed E-state index contributed by atoms with van der Waals surface area (Å²) in [6.45, 7) is 6.11. The van der Waals surface area contributed by atoms with E-state index in [1.165, 1.54) is 5.56 Å². The zero-order chi connectivity index (χ0) is 13.3. The normalized spacial score (nSPS) is 27.1. The predicted octanol–water partition coefficient (Wildman–Crippen LogP) is 2.14. The molecule has 2 rings (SSSR count). The van der Waals surface area contributed by atoms with Gasteiger partial charge in [0.15, 0.2) is 9.84 Å². The molecule has 0 aliphatic carbocycles. The summed E-state index contributed by atoms with van der Waals surface area (Å²) >= 11 is 0. The smallest absolute Gasteiger partial charge is 0.153 e. The molecule has 2 unspecified atom stereocenters. The van der Waals surface area contributed by atoms with Crippen LogP contribution in [0.5, 0.6) is 0 Å². The molecule has 100 valence electrons. The van der Waals surface area contributed by atoms with Gasteiger partial charge in [-0.2, -0.15) is 0 Å². The Balaban J connectivity index is 2.34. The summed E-state index contributed by atoms with van der Waals surface area (Å²) in [4.78, 5) is 0. The van der Waals surface area contributed by atoms with Crippen LogP contribution < -0.4 is 5.32 Å². The van der Waals surface area contributed by atoms with Crippen LogP contribution in [0.1, 0.15) is 36.1 Å². The highest BCUT2D eigenvalue weighted by molar-refractivity contribution is 7.91. The minimum Gasteiger partial charge on any atom is -0.305 e. The highest BCUT2D eigenvalue weighted by Gasteiger charge is 2.31. The maximum absolute atomic E-state index is 12.0. The Morgan fingerprint density at radius 1 is 1.28 bits per heavy atom. The van der Waals surface area contributed by atoms with E-state index in [0.717, 1.165) is 17.5 Å². The van der Waals surface area contributed by atoms with Crippen LogP contribution in [0.4, 0.5) is 0 Å². The third-order valence-electron chi connectivity index (χ3n) is 3.62. The molecule has 0 saturated carbocycles. The summed E-state index contributed by atoms with van der Waals surface area (Å²) in [5.74, 6) is 0.485. The monoisotopic (exact) mass is 267 g/mol. The highest BCUT2D eigenvalue weighted by Crippen LogP contribution is 2.25. The summed E-state index contributed by atoms with van der Waals surface area (Å²) in [7, 11) is -2.93. The van der Waals surface area contributed by atoms with Gasteiger partial charge in [-0.1, -0.05) is 30.7 Å². The molecule has 1 aromatic rings. The van der Waals surface area contributed by atoms with Gasteiger partial charge in [-0.15, -0.1) is 0 Å². The largest absolute Gasteiger partial charge is 0.305 e. The van der Waals surface area contributed by atoms with Gasteiger partial charge in [0.1, 0.15) is 0 Å². The topological polar surface area (TPSA) is 46.2 Å². The molecule has 1 fully saturated rings. The molecule has 0 radical (unpaired) electrons. The fourth-order valence-electron chi connectivity index (χ4n) is 2.56. The number of aryl methyl sites for hydroxylation is 2. The van der Waals surface area contributed by atoms with Crippen molar-refractivity contribution in [1.82, 2.24) is 5.32 Å². The maximum Gasteiger partial charge on any atom is 0.153 e. The van der Waals surface area contributed by atoms with E-state index in [-0.39, 0.29) is 23.6 Å². The molecule has 0 spiro atoms. The molecule has 18 heavy (non-hydrogen) atoms. The predicted molar refractivity (Wildman–Crippen MR) is 74.5 cm³/mol. The van der Waals surface area contributed by atoms with Crippen molar-refractivity contribution in [1.29, 1.82) is 0 Å². The third kappa shape index (κ3) is 2.93. The van der Waals surface area contributed by atoms with Crippen LogP contribution in [0.25, 0.3) is 0 Å². The Morgan fingerprint density at radius 3 is 2.67 bits per heavy atom. The van der Waals surface area contributed by atoms with Crippen molar-refractivity contribution < 1.29 is 8.42 Å². The Morgan fingerprint density at radius 2 is 2.00 bits per heavy atom. The Bertz CT molecular complexity index is 537. The molecule has 1 aliphatic heterocycles. The first-order chi connectivity index (χ1) is 8.41. The molecule has 0 amide bonds. The van der Waals surface area contributed by atoms with Crippen molar-refractivity contribution in [3.8, 4) is 0 Å². The van der Waals surface area contributed by atoms with E-state index in [2.05, 4.69) is 23.5 Å². The van der Waals surface area contributed by atoms with E-state index in [0.29, 0.717) is 0 Å². The van der Waals surface area contributed by atoms with Crippen molar-refractivity contribution in [3.63, 3.8) is 0 Å². The lowest BCUT2D eigenvalue weighted by molar-refractivity contribution is 0.439. The molecular formula is C14H21NO2S. The molecular weight excluding hydrogens is 246 g/mol. The van der Waals surface area contributed by atoms with Crippen LogP contribution in [-0.2, 0) is 9.84 Å². The quantitative estimate of drug-likeness (QED) is 0.893. The standard InChI is InChI=1S/C14H21NO2S/c1-4-12-8-18(16,17)9-14(15-12)13-7-10(2)5-6-11(13)3/h5-7,12,14-15H,4,8-9H2,1-3H3. The zero-order valence-electron chi connectivity index (χ0n) is 11.2. The van der Waals surface area contributed by atoms with E-state index in [1.54, 1.807) is 0 Å². The Kier molecular flexibility index (Phi) is 3.78. The summed E-state index contributed by atoms with van der Waals surface area (Å²) in [6.07, 6.45) is 0.848. The van der Waals surface area contributed by atoms with Gasteiger partial charge in [0.25, 0.3) is 0 Å². The van der Waals surface area contributed by atoms with Crippen LogP contribution >= 0.6 is 0 Å². The minimum atomic E-state index is -2.93. The fraction of sp³-hybridized carbons (Fsp3) is 0.571. The van der Waals surface area contributed by atoms with Gasteiger partial charge in [-0.3, -0.25) is 0 Å². The lowest BCUT2D eigenvalue weighted by Crippen LogP contribution is -2.47. The number of sulfone groups is 1. The van der Waals surface area contributed by atoms with E-state index in [9.17, 15) is 8.42 Å². The maximum atomic E-state index is 12.0. The molecule has 1 aliphatic rings. The number of benzene rings is 1. The van der Waals surface area contributed by atoms with Gasteiger partial charge < -0.3 is 5.32 Å². The molecule has 1 N–H and O–H groups in total. The second-order valence-corrected chi connectivity index (χ2v) is 7.42. The van der Waals surface area contributed by atoms with Gasteiger partial charge in [-0.05, 0) is 31.4 Å². The van der Waals surface area contributed by atoms with Gasteiger partial charge in [0.05, 0.1) is 11.5 Å². The summed E-state index contributed by atoms with van der Waals surface area (Å²) in [5.41, 5.74) is 3.45. The molecule has 1 saturated heterocycles. The SMILES string of the molecule is CCC1CS(=O)(=O)CC(c2cc(C)ccc2C)N1. The number of hydrogen-bond acceptors (Lipinski definition) is 3. The summed E-state index contributed by atoms with van der Waals surface area (Å²) < 4.78 is 23.9. The number of rotatable bonds is 2. The van der Waals surface area contributed by atoms with Crippen LogP contribution in [0.15, 0.2) is 18.2 Å². The first kappa shape index (κ1) is 13.6. The average Bonchev–Trinajstić information content (AvgIpc) is 2.30. The second-order valence-electron chi connectivity index (χ2n) is 5.26. The Labute approximate surface area is 110 Å². The molecule has 2 atom stereocenters. The first-order valence-electron chi connectivity index (χ1n) is 6.45. The minimum absolute atomic E-state index is 0.0615. The average molecular weight is 267 g/mol. The highest BCUT2D eigenvalue weighted by atomic mass is 32.2. The van der Waals surface area contributed by atoms with Gasteiger partial charge in [0.2, 0.25) is 0 Å². The van der Waals surface area contributed by atoms with E-state index >= 15 is 0 Å². The van der Waals surface area contributed by atoms with E-state index in [1.807, 2.05) is 20.8 Å². The van der Waals surface area contributed by atoms with E-state index in [4.69, 9.17) is 0 Å². The molecule has 1 heterocycles. The van der Waals surface area contributed by atoms with Crippen LogP contribution in [0.2, 0.25) is 0 Å². The summed E-state index contributed by atoms with van der Waals surface area (Å²) in [6, 6.07) is 6.24. The second kappa shape index (κ2) is 5.02. The summed E-state index contributed by atoms with van der Waals surface area (Å²) in [5, 5.41) is 3.46. The Hall–Kier alpha value is -0.870. The molecule has 1 aromatic carbocycles. The van der Waals surface area contributed by atoms with E-state index < -0.39 is 9.84 Å². The zero-order valence-corrected chi connectivity index (χ0v) is 12.0. The van der Waals surface area contributed by atoms with Crippen LogP contribution in [0.3, 0.4) is 0 Å².